The van der Waals surface area contributed by atoms with Gasteiger partial charge < -0.3 is 14.9 Å². The van der Waals surface area contributed by atoms with E-state index in [1.807, 2.05) is 164 Å². The van der Waals surface area contributed by atoms with Gasteiger partial charge in [0, 0.05) is 0 Å². The summed E-state index contributed by atoms with van der Waals surface area (Å²) >= 11 is 0. The van der Waals surface area contributed by atoms with Gasteiger partial charge in [0.1, 0.15) is 23.9 Å². The fraction of sp³-hybridized carbons (Fsp3) is 0.111. The zero-order valence-electron chi connectivity index (χ0n) is 21.6. The summed E-state index contributed by atoms with van der Waals surface area (Å²) in [4.78, 5) is 0. The van der Waals surface area contributed by atoms with Crippen LogP contribution in [0.15, 0.2) is 158 Å². The lowest BCUT2D eigenvalue weighted by atomic mass is 9.79. The average Bonchev–Trinajstić information content (AvgIpc) is 3.03. The van der Waals surface area contributed by atoms with E-state index in [2.05, 4.69) is 0 Å². The Morgan fingerprint density at radius 2 is 0.897 bits per heavy atom. The molecule has 0 fully saturated rings. The number of ether oxygens (including phenoxy) is 1. The fourth-order valence-electron chi connectivity index (χ4n) is 4.95. The molecule has 0 aromatic heterocycles. The number of rotatable bonds is 10. The predicted molar refractivity (Wildman–Crippen MR) is 157 cm³/mol. The van der Waals surface area contributed by atoms with Crippen molar-refractivity contribution < 1.29 is 14.9 Å². The minimum Gasteiger partial charge on any atom is -0.387 e. The van der Waals surface area contributed by atoms with E-state index >= 15 is 0 Å². The topological polar surface area (TPSA) is 49.7 Å². The Bertz CT molecular complexity index is 1340. The highest BCUT2D eigenvalue weighted by atomic mass is 16.5. The molecule has 194 valence electrons. The maximum absolute atomic E-state index is 11.7. The molecule has 0 aliphatic rings. The SMILES string of the molecule is O[C@H]([C@@H](/C=C/c1ccccc1)OC(c1ccccc1)(c1ccccc1)c1ccccc1)[C@@H](O)c1ccccc1. The lowest BCUT2D eigenvalue weighted by Crippen LogP contribution is -2.42. The molecule has 0 heterocycles. The molecule has 0 bridgehead atoms. The van der Waals surface area contributed by atoms with Crippen LogP contribution in [0.1, 0.15) is 33.9 Å². The Morgan fingerprint density at radius 3 is 1.33 bits per heavy atom. The van der Waals surface area contributed by atoms with Crippen molar-refractivity contribution in [1.29, 1.82) is 0 Å². The van der Waals surface area contributed by atoms with Crippen LogP contribution in [0, 0.1) is 0 Å². The quantitative estimate of drug-likeness (QED) is 0.195. The third-order valence-electron chi connectivity index (χ3n) is 6.93. The lowest BCUT2D eigenvalue weighted by molar-refractivity contribution is -0.114. The van der Waals surface area contributed by atoms with Gasteiger partial charge in [-0.25, -0.2) is 0 Å². The Hall–Kier alpha value is -4.28. The first kappa shape index (κ1) is 26.3. The number of benzene rings is 5. The monoisotopic (exact) mass is 512 g/mol. The van der Waals surface area contributed by atoms with Crippen LogP contribution >= 0.6 is 0 Å². The van der Waals surface area contributed by atoms with Crippen molar-refractivity contribution in [2.45, 2.75) is 23.9 Å². The minimum atomic E-state index is -1.25. The van der Waals surface area contributed by atoms with Crippen LogP contribution in [-0.4, -0.2) is 22.4 Å². The second-order valence-corrected chi connectivity index (χ2v) is 9.48. The van der Waals surface area contributed by atoms with Gasteiger partial charge in [0.25, 0.3) is 0 Å². The van der Waals surface area contributed by atoms with Gasteiger partial charge in [-0.05, 0) is 27.8 Å². The van der Waals surface area contributed by atoms with Crippen molar-refractivity contribution in [1.82, 2.24) is 0 Å². The molecule has 0 aliphatic carbocycles. The van der Waals surface area contributed by atoms with Crippen LogP contribution < -0.4 is 0 Å². The van der Waals surface area contributed by atoms with Gasteiger partial charge in [-0.2, -0.15) is 0 Å². The van der Waals surface area contributed by atoms with E-state index in [0.717, 1.165) is 22.3 Å². The second-order valence-electron chi connectivity index (χ2n) is 9.48. The summed E-state index contributed by atoms with van der Waals surface area (Å²) in [7, 11) is 0. The van der Waals surface area contributed by atoms with Gasteiger partial charge in [0.05, 0.1) is 0 Å². The predicted octanol–water partition coefficient (Wildman–Crippen LogP) is 7.17. The van der Waals surface area contributed by atoms with Gasteiger partial charge in [-0.1, -0.05) is 164 Å². The number of hydrogen-bond acceptors (Lipinski definition) is 3. The summed E-state index contributed by atoms with van der Waals surface area (Å²) in [6.07, 6.45) is 0.494. The third kappa shape index (κ3) is 5.92. The van der Waals surface area contributed by atoms with E-state index < -0.39 is 23.9 Å². The molecule has 0 saturated carbocycles. The Balaban J connectivity index is 1.67. The van der Waals surface area contributed by atoms with Crippen molar-refractivity contribution >= 4 is 6.08 Å². The highest BCUT2D eigenvalue weighted by molar-refractivity contribution is 5.51. The average molecular weight is 513 g/mol. The van der Waals surface area contributed by atoms with Crippen LogP contribution in [0.3, 0.4) is 0 Å². The third-order valence-corrected chi connectivity index (χ3v) is 6.93. The molecule has 0 radical (unpaired) electrons. The maximum atomic E-state index is 11.7. The molecule has 0 aliphatic heterocycles. The highest BCUT2D eigenvalue weighted by Crippen LogP contribution is 2.42. The second kappa shape index (κ2) is 12.5. The normalized spacial score (nSPS) is 14.1. The first-order chi connectivity index (χ1) is 19.2. The van der Waals surface area contributed by atoms with E-state index in [4.69, 9.17) is 4.74 Å². The van der Waals surface area contributed by atoms with Gasteiger partial charge in [-0.15, -0.1) is 0 Å². The Kier molecular flexibility index (Phi) is 8.45. The first-order valence-electron chi connectivity index (χ1n) is 13.2. The Labute approximate surface area is 230 Å². The van der Waals surface area contributed by atoms with E-state index in [1.165, 1.54) is 0 Å². The molecule has 0 spiro atoms. The number of hydrogen-bond donors (Lipinski definition) is 2. The van der Waals surface area contributed by atoms with Crippen LogP contribution in [0.4, 0.5) is 0 Å². The van der Waals surface area contributed by atoms with Crippen molar-refractivity contribution in [3.8, 4) is 0 Å². The van der Waals surface area contributed by atoms with Crippen molar-refractivity contribution in [3.63, 3.8) is 0 Å². The summed E-state index contributed by atoms with van der Waals surface area (Å²) in [5, 5.41) is 23.0. The van der Waals surface area contributed by atoms with Crippen molar-refractivity contribution in [3.05, 3.63) is 186 Å². The summed E-state index contributed by atoms with van der Waals surface area (Å²) in [5.74, 6) is 0. The lowest BCUT2D eigenvalue weighted by Gasteiger charge is -2.40. The molecule has 3 nitrogen and oxygen atoms in total. The maximum Gasteiger partial charge on any atom is 0.144 e. The number of aliphatic hydroxyl groups excluding tert-OH is 2. The molecule has 5 aromatic rings. The van der Waals surface area contributed by atoms with Crippen LogP contribution in [0.2, 0.25) is 0 Å². The smallest absolute Gasteiger partial charge is 0.144 e. The molecular formula is C36H32O3. The molecular weight excluding hydrogens is 480 g/mol. The summed E-state index contributed by atoms with van der Waals surface area (Å²) in [6.45, 7) is 0. The van der Waals surface area contributed by atoms with Crippen LogP contribution in [0.5, 0.6) is 0 Å². The van der Waals surface area contributed by atoms with E-state index in [1.54, 1.807) is 0 Å². The van der Waals surface area contributed by atoms with Gasteiger partial charge in [-0.3, -0.25) is 0 Å². The molecule has 2 N–H and O–H groups in total. The van der Waals surface area contributed by atoms with Gasteiger partial charge >= 0.3 is 0 Å². The molecule has 0 saturated heterocycles. The molecule has 5 aromatic carbocycles. The van der Waals surface area contributed by atoms with E-state index in [9.17, 15) is 10.2 Å². The van der Waals surface area contributed by atoms with Gasteiger partial charge in [0.2, 0.25) is 0 Å². The van der Waals surface area contributed by atoms with Crippen LogP contribution in [0.25, 0.3) is 6.08 Å². The van der Waals surface area contributed by atoms with Crippen LogP contribution in [-0.2, 0) is 10.3 Å². The molecule has 0 unspecified atom stereocenters. The van der Waals surface area contributed by atoms with E-state index in [0.29, 0.717) is 5.56 Å². The molecule has 3 atom stereocenters. The Morgan fingerprint density at radius 1 is 0.513 bits per heavy atom. The number of aliphatic hydroxyl groups is 2. The standard InChI is InChI=1S/C36H32O3/c37-34(29-18-8-2-9-19-29)35(38)33(27-26-28-16-6-1-7-17-28)39-36(30-20-10-3-11-21-30,31-22-12-4-13-23-31)32-24-14-5-15-25-32/h1-27,33-35,37-38H/b27-26+/t33-,34+,35-/m1/s1. The first-order valence-corrected chi connectivity index (χ1v) is 13.2. The fourth-order valence-corrected chi connectivity index (χ4v) is 4.95. The summed E-state index contributed by atoms with van der Waals surface area (Å²) < 4.78 is 7.13. The zero-order valence-corrected chi connectivity index (χ0v) is 21.6. The zero-order chi connectivity index (χ0) is 26.9. The van der Waals surface area contributed by atoms with Gasteiger partial charge in [0.15, 0.2) is 0 Å². The summed E-state index contributed by atoms with van der Waals surface area (Å²) in [5.41, 5.74) is 3.28. The molecule has 3 heteroatoms. The minimum absolute atomic E-state index is 0.622. The van der Waals surface area contributed by atoms with E-state index in [-0.39, 0.29) is 0 Å². The molecule has 39 heavy (non-hydrogen) atoms. The van der Waals surface area contributed by atoms with Crippen molar-refractivity contribution in [2.75, 3.05) is 0 Å². The highest BCUT2D eigenvalue weighted by Gasteiger charge is 2.42. The van der Waals surface area contributed by atoms with Crippen molar-refractivity contribution in [2.24, 2.45) is 0 Å². The largest absolute Gasteiger partial charge is 0.387 e. The molecule has 0 amide bonds. The summed E-state index contributed by atoms with van der Waals surface area (Å²) in [6, 6.07) is 49.2. The molecule has 5 rings (SSSR count).